The highest BCUT2D eigenvalue weighted by Crippen LogP contribution is 2.42. The molecule has 10 N–H and O–H groups in total. The second-order valence-corrected chi connectivity index (χ2v) is 28.4. The SMILES string of the molecule is CC(=O)NCCCCC(NC(C)=O)C(=O)Nc1ccc(C(OC2O[C@H](COC(C)=O)[C@@H](OC(C)=O)[C@H](OC(C)=O)[C@@H]2NC(=O)Cn2nnc3c2-c2ccccc2N(C(=O)CCNC(=S)Nc2ccc(CC4CN(CC(=O)O)CCN(CC(=O)O)CCN(CC(=O)O)CCN4CC(=O)O)cc2)Cc2ccccc2-3)c2ccccc2)cc1. The van der Waals surface area contributed by atoms with Crippen LogP contribution in [-0.2, 0) is 101 Å². The lowest BCUT2D eigenvalue weighted by Gasteiger charge is -2.45. The lowest BCUT2D eigenvalue weighted by atomic mass is 9.95. The zero-order valence-corrected chi connectivity index (χ0v) is 65.1. The summed E-state index contributed by atoms with van der Waals surface area (Å²) in [6.45, 7) is 4.84. The summed E-state index contributed by atoms with van der Waals surface area (Å²) < 4.78 is 32.2. The summed E-state index contributed by atoms with van der Waals surface area (Å²) in [7, 11) is 0. The average molecular weight is 1610 g/mol. The van der Waals surface area contributed by atoms with E-state index in [-0.39, 0.29) is 108 Å². The summed E-state index contributed by atoms with van der Waals surface area (Å²) in [4.78, 5) is 163. The fourth-order valence-electron chi connectivity index (χ4n) is 14.0. The third-order valence-corrected chi connectivity index (χ3v) is 19.4. The molecule has 4 unspecified atom stereocenters. The molecule has 9 rings (SSSR count). The molecule has 8 atom stereocenters. The number of amides is 5. The van der Waals surface area contributed by atoms with E-state index in [4.69, 9.17) is 35.9 Å². The number of fused-ring (bicyclic) bond motifs is 5. The number of para-hydroxylation sites is 1. The van der Waals surface area contributed by atoms with Crippen LogP contribution in [0, 0.1) is 0 Å². The number of nitrogens with zero attached hydrogens (tertiary/aromatic N) is 8. The number of nitrogens with one attached hydrogen (secondary N) is 6. The van der Waals surface area contributed by atoms with E-state index in [2.05, 4.69) is 42.2 Å². The molecule has 0 saturated carbocycles. The Balaban J connectivity index is 0.936. The van der Waals surface area contributed by atoms with E-state index < -0.39 is 135 Å². The minimum Gasteiger partial charge on any atom is -0.480 e. The number of thiocarbonyl (C=S) groups is 1. The van der Waals surface area contributed by atoms with Gasteiger partial charge in [-0.25, -0.2) is 4.68 Å². The number of unbranched alkanes of at least 4 members (excludes halogenated alkanes) is 1. The van der Waals surface area contributed by atoms with Gasteiger partial charge < -0.3 is 80.9 Å². The number of hydrogen-bond donors (Lipinski definition) is 10. The number of rotatable bonds is 33. The van der Waals surface area contributed by atoms with Gasteiger partial charge in [-0.2, -0.15) is 0 Å². The van der Waals surface area contributed by atoms with Gasteiger partial charge in [0.15, 0.2) is 23.6 Å². The maximum atomic E-state index is 15.2. The molecule has 3 aliphatic rings. The van der Waals surface area contributed by atoms with Crippen molar-refractivity contribution in [2.45, 2.75) is 129 Å². The number of aliphatic carboxylic acids is 4. The Bertz CT molecular complexity index is 4440. The molecule has 35 nitrogen and oxygen atoms in total. The van der Waals surface area contributed by atoms with Crippen LogP contribution in [0.3, 0.4) is 0 Å². The number of carboxylic acid groups (broad SMARTS) is 4. The van der Waals surface area contributed by atoms with E-state index in [1.54, 1.807) is 134 Å². The molecule has 36 heteroatoms. The predicted molar refractivity (Wildman–Crippen MR) is 419 cm³/mol. The molecule has 2 saturated heterocycles. The highest BCUT2D eigenvalue weighted by atomic mass is 32.1. The van der Waals surface area contributed by atoms with Crippen LogP contribution in [0.25, 0.3) is 22.5 Å². The lowest BCUT2D eigenvalue weighted by molar-refractivity contribution is -0.285. The van der Waals surface area contributed by atoms with Crippen LogP contribution in [0.4, 0.5) is 17.1 Å². The van der Waals surface area contributed by atoms with Crippen molar-refractivity contribution in [3.8, 4) is 22.5 Å². The standard InChI is InChI=1S/C79H96N14O21S/c1-48(94)80-31-14-13-20-62(82-49(2)95)77(109)83-57-28-24-55(25-29-57)74(54-15-7-6-8-16-54)114-78-72(76(112-52(5)98)75(111-51(4)97)64(113-78)47-110-50(3)96)85-65(99)42-93-73-61-19-11-12-21-63(61)92(40-56-17-9-10-18-60(56)71(73)86-87-93)66(100)30-32-81-79(115)84-58-26-22-53(23-27-58)39-59-41-90(45-69(105)106)36-35-88(43-67(101)102)33-34-89(44-68(103)104)37-38-91(59)46-70(107)108/h6-12,15-19,21-29,59,62,64,72,74-76,78H,13-14,20,30-47H2,1-5H3,(H,80,94)(H,82,95)(H,83,109)(H,85,99)(H,101,102)(H,103,104)(H,105,106)(H,107,108)(H2,81,84,115)/t59?,62?,64-,72+,74?,75-,76-,78?/m1/s1. The third-order valence-electron chi connectivity index (χ3n) is 19.1. The molecule has 6 aromatic rings. The molecule has 115 heavy (non-hydrogen) atoms. The van der Waals surface area contributed by atoms with Gasteiger partial charge in [0, 0.05) is 128 Å². The number of carbonyl (C=O) groups excluding carboxylic acids is 8. The van der Waals surface area contributed by atoms with Crippen LogP contribution in [0.5, 0.6) is 0 Å². The largest absolute Gasteiger partial charge is 0.480 e. The molecule has 0 radical (unpaired) electrons. The maximum Gasteiger partial charge on any atom is 0.317 e. The van der Waals surface area contributed by atoms with Crippen LogP contribution in [0.1, 0.15) is 88.7 Å². The molecule has 3 aliphatic heterocycles. The summed E-state index contributed by atoms with van der Waals surface area (Å²) in [5, 5.41) is 66.3. The first-order valence-corrected chi connectivity index (χ1v) is 37.8. The minimum absolute atomic E-state index is 0.0539. The Labute approximate surface area is 668 Å². The number of esters is 3. The molecule has 0 aliphatic carbocycles. The molecule has 1 aromatic heterocycles. The normalized spacial score (nSPS) is 18.7. The maximum absolute atomic E-state index is 15.2. The Morgan fingerprint density at radius 1 is 0.591 bits per heavy atom. The molecule has 614 valence electrons. The van der Waals surface area contributed by atoms with Gasteiger partial charge in [-0.3, -0.25) is 77.1 Å². The van der Waals surface area contributed by atoms with Gasteiger partial charge in [0.25, 0.3) is 0 Å². The number of anilines is 3. The molecule has 5 aromatic carbocycles. The smallest absolute Gasteiger partial charge is 0.317 e. The van der Waals surface area contributed by atoms with E-state index in [1.165, 1.54) is 18.5 Å². The van der Waals surface area contributed by atoms with Crippen LogP contribution in [-0.4, -0.2) is 266 Å². The highest BCUT2D eigenvalue weighted by molar-refractivity contribution is 7.80. The molecule has 0 bridgehead atoms. The first-order valence-electron chi connectivity index (χ1n) is 37.4. The second-order valence-electron chi connectivity index (χ2n) is 28.0. The van der Waals surface area contributed by atoms with Gasteiger partial charge in [0.05, 0.1) is 44.1 Å². The summed E-state index contributed by atoms with van der Waals surface area (Å²) in [6, 6.07) is 33.8. The summed E-state index contributed by atoms with van der Waals surface area (Å²) >= 11 is 5.74. The van der Waals surface area contributed by atoms with Gasteiger partial charge in [-0.15, -0.1) is 5.10 Å². The first-order chi connectivity index (χ1) is 55.0. The van der Waals surface area contributed by atoms with Gasteiger partial charge in [-0.05, 0) is 90.5 Å². The summed E-state index contributed by atoms with van der Waals surface area (Å²) in [5.74, 6) is -9.14. The zero-order valence-electron chi connectivity index (χ0n) is 64.3. The number of hydrogen-bond acceptors (Lipinski definition) is 24. The summed E-state index contributed by atoms with van der Waals surface area (Å²) in [5.41, 5.74) is 5.55. The molecular formula is C79H96N14O21S. The van der Waals surface area contributed by atoms with Crippen LogP contribution in [0.2, 0.25) is 0 Å². The molecular weight excluding hydrogens is 1510 g/mol. The van der Waals surface area contributed by atoms with Crippen molar-refractivity contribution in [3.63, 3.8) is 0 Å². The number of benzene rings is 5. The Kier molecular flexibility index (Phi) is 32.2. The van der Waals surface area contributed by atoms with Crippen LogP contribution >= 0.6 is 12.2 Å². The van der Waals surface area contributed by atoms with Crippen molar-refractivity contribution in [1.82, 2.24) is 55.9 Å². The second kappa shape index (κ2) is 42.4. The van der Waals surface area contributed by atoms with Gasteiger partial charge in [-0.1, -0.05) is 102 Å². The van der Waals surface area contributed by atoms with Gasteiger partial charge in [0.1, 0.15) is 43.1 Å². The van der Waals surface area contributed by atoms with E-state index >= 15 is 4.79 Å². The first kappa shape index (κ1) is 87.3. The average Bonchev–Trinajstić information content (AvgIpc) is 1.65. The predicted octanol–water partition coefficient (Wildman–Crippen LogP) is 3.50. The topological polar surface area (TPSA) is 451 Å². The molecule has 4 heterocycles. The van der Waals surface area contributed by atoms with Crippen molar-refractivity contribution in [1.29, 1.82) is 0 Å². The van der Waals surface area contributed by atoms with Crippen molar-refractivity contribution >= 4 is 106 Å². The van der Waals surface area contributed by atoms with E-state index in [0.29, 0.717) is 75.7 Å². The van der Waals surface area contributed by atoms with E-state index in [9.17, 15) is 73.2 Å². The minimum atomic E-state index is -1.63. The van der Waals surface area contributed by atoms with E-state index in [1.807, 2.05) is 18.2 Å². The fourth-order valence-corrected chi connectivity index (χ4v) is 14.2. The van der Waals surface area contributed by atoms with Crippen LogP contribution in [0.15, 0.2) is 127 Å². The number of ether oxygens (including phenoxy) is 5. The molecule has 0 spiro atoms. The Morgan fingerprint density at radius 3 is 1.81 bits per heavy atom. The summed E-state index contributed by atoms with van der Waals surface area (Å²) in [6.07, 6.45) is -5.69. The van der Waals surface area contributed by atoms with E-state index in [0.717, 1.165) is 26.3 Å². The lowest BCUT2D eigenvalue weighted by Crippen LogP contribution is -2.67. The number of aromatic nitrogens is 3. The highest BCUT2D eigenvalue weighted by Gasteiger charge is 2.52. The Hall–Kier alpha value is -11.7. The Morgan fingerprint density at radius 2 is 1.17 bits per heavy atom. The van der Waals surface area contributed by atoms with Gasteiger partial charge >= 0.3 is 41.8 Å². The molecule has 2 fully saturated rings. The zero-order chi connectivity index (χ0) is 82.8. The fraction of sp³-hybridized carbons (Fsp3) is 0.430. The van der Waals surface area contributed by atoms with Crippen molar-refractivity contribution in [2.75, 3.05) is 107 Å². The molecule has 5 amide bonds. The number of carboxylic acids is 4. The monoisotopic (exact) mass is 1610 g/mol. The van der Waals surface area contributed by atoms with Crippen molar-refractivity contribution < 1.29 is 102 Å². The van der Waals surface area contributed by atoms with Gasteiger partial charge in [0.2, 0.25) is 29.5 Å². The quantitative estimate of drug-likeness (QED) is 0.0122. The van der Waals surface area contributed by atoms with Crippen molar-refractivity contribution in [2.24, 2.45) is 0 Å². The van der Waals surface area contributed by atoms with Crippen molar-refractivity contribution in [3.05, 3.63) is 150 Å². The number of carbonyl (C=O) groups is 12. The van der Waals surface area contributed by atoms with Crippen LogP contribution < -0.4 is 36.8 Å². The third kappa shape index (κ3) is 26.5.